The summed E-state index contributed by atoms with van der Waals surface area (Å²) in [5.41, 5.74) is 6.33. The summed E-state index contributed by atoms with van der Waals surface area (Å²) in [6, 6.07) is 7.32. The number of ether oxygens (including phenoxy) is 1. The first-order valence-electron chi connectivity index (χ1n) is 6.17. The van der Waals surface area contributed by atoms with E-state index in [9.17, 15) is 8.42 Å². The summed E-state index contributed by atoms with van der Waals surface area (Å²) in [4.78, 5) is 2.20. The minimum atomic E-state index is -2.93. The van der Waals surface area contributed by atoms with E-state index in [1.807, 2.05) is 36.2 Å². The van der Waals surface area contributed by atoms with Crippen LogP contribution in [-0.2, 0) is 9.84 Å². The minimum absolute atomic E-state index is 0.146. The van der Waals surface area contributed by atoms with Gasteiger partial charge in [0.2, 0.25) is 0 Å². The van der Waals surface area contributed by atoms with Crippen LogP contribution in [-0.4, -0.2) is 57.1 Å². The third kappa shape index (κ3) is 6.31. The Bertz CT molecular complexity index is 558. The van der Waals surface area contributed by atoms with E-state index in [4.69, 9.17) is 22.7 Å². The summed E-state index contributed by atoms with van der Waals surface area (Å²) in [5.74, 6) is 0.795. The molecule has 1 rings (SSSR count). The number of sulfone groups is 1. The van der Waals surface area contributed by atoms with Gasteiger partial charge in [-0.1, -0.05) is 24.4 Å². The molecule has 20 heavy (non-hydrogen) atoms. The number of hydrogen-bond donors (Lipinski definition) is 1. The van der Waals surface area contributed by atoms with Crippen LogP contribution in [0.15, 0.2) is 24.3 Å². The van der Waals surface area contributed by atoms with Crippen molar-refractivity contribution in [1.82, 2.24) is 4.90 Å². The van der Waals surface area contributed by atoms with E-state index >= 15 is 0 Å². The van der Waals surface area contributed by atoms with Crippen LogP contribution in [0.2, 0.25) is 0 Å². The van der Waals surface area contributed by atoms with E-state index in [0.717, 1.165) is 0 Å². The lowest BCUT2D eigenvalue weighted by Gasteiger charge is -2.17. The first-order valence-corrected chi connectivity index (χ1v) is 8.64. The molecule has 0 unspecified atom stereocenters. The molecule has 0 fully saturated rings. The van der Waals surface area contributed by atoms with E-state index in [2.05, 4.69) is 0 Å². The van der Waals surface area contributed by atoms with Gasteiger partial charge in [-0.05, 0) is 19.2 Å². The van der Waals surface area contributed by atoms with Crippen molar-refractivity contribution in [1.29, 1.82) is 0 Å². The first kappa shape index (κ1) is 16.9. The maximum absolute atomic E-state index is 11.1. The largest absolute Gasteiger partial charge is 0.492 e. The summed E-state index contributed by atoms with van der Waals surface area (Å²) in [6.45, 7) is 1.56. The number of para-hydroxylation sites is 1. The first-order chi connectivity index (χ1) is 9.29. The van der Waals surface area contributed by atoms with Crippen molar-refractivity contribution in [2.24, 2.45) is 5.73 Å². The zero-order valence-corrected chi connectivity index (χ0v) is 13.3. The molecule has 0 radical (unpaired) electrons. The van der Waals surface area contributed by atoms with E-state index in [0.29, 0.717) is 36.0 Å². The average Bonchev–Trinajstić information content (AvgIpc) is 2.36. The van der Waals surface area contributed by atoms with Gasteiger partial charge in [-0.2, -0.15) is 0 Å². The van der Waals surface area contributed by atoms with Crippen LogP contribution in [0.1, 0.15) is 5.56 Å². The smallest absolute Gasteiger partial charge is 0.148 e. The zero-order valence-electron chi connectivity index (χ0n) is 11.7. The van der Waals surface area contributed by atoms with Crippen molar-refractivity contribution >= 4 is 27.0 Å². The maximum Gasteiger partial charge on any atom is 0.148 e. The number of rotatable bonds is 8. The zero-order chi connectivity index (χ0) is 15.2. The highest BCUT2D eigenvalue weighted by atomic mass is 32.2. The topological polar surface area (TPSA) is 72.6 Å². The van der Waals surface area contributed by atoms with Crippen LogP contribution >= 0.6 is 12.2 Å². The molecule has 0 amide bonds. The van der Waals surface area contributed by atoms with Gasteiger partial charge in [-0.3, -0.25) is 0 Å². The van der Waals surface area contributed by atoms with Crippen LogP contribution in [0.25, 0.3) is 0 Å². The summed E-state index contributed by atoms with van der Waals surface area (Å²) in [6.07, 6.45) is 1.23. The molecule has 7 heteroatoms. The number of nitrogens with two attached hydrogens (primary N) is 1. The predicted octanol–water partition coefficient (Wildman–Crippen LogP) is 0.676. The quantitative estimate of drug-likeness (QED) is 0.711. The molecule has 2 N–H and O–H groups in total. The molecule has 0 aliphatic rings. The van der Waals surface area contributed by atoms with Crippen LogP contribution in [0.4, 0.5) is 0 Å². The fraction of sp³-hybridized carbons (Fsp3) is 0.462. The molecule has 0 aliphatic heterocycles. The second-order valence-electron chi connectivity index (χ2n) is 4.64. The minimum Gasteiger partial charge on any atom is -0.492 e. The maximum atomic E-state index is 11.1. The van der Waals surface area contributed by atoms with Crippen LogP contribution < -0.4 is 10.5 Å². The van der Waals surface area contributed by atoms with Gasteiger partial charge < -0.3 is 15.4 Å². The highest BCUT2D eigenvalue weighted by Gasteiger charge is 2.07. The van der Waals surface area contributed by atoms with Crippen molar-refractivity contribution < 1.29 is 13.2 Å². The van der Waals surface area contributed by atoms with E-state index in [-0.39, 0.29) is 5.75 Å². The molecule has 0 saturated carbocycles. The lowest BCUT2D eigenvalue weighted by Crippen LogP contribution is -2.29. The molecule has 5 nitrogen and oxygen atoms in total. The molecule has 0 saturated heterocycles. The molecular formula is C13H20N2O3S2. The lowest BCUT2D eigenvalue weighted by atomic mass is 10.2. The number of likely N-dealkylation sites (N-methyl/N-ethyl adjacent to an activating group) is 1. The third-order valence-corrected chi connectivity index (χ3v) is 3.87. The van der Waals surface area contributed by atoms with Gasteiger partial charge >= 0.3 is 0 Å². The Hall–Kier alpha value is -1.18. The Kier molecular flexibility index (Phi) is 6.38. The highest BCUT2D eigenvalue weighted by molar-refractivity contribution is 7.90. The molecule has 0 spiro atoms. The Balaban J connectivity index is 2.43. The van der Waals surface area contributed by atoms with Crippen molar-refractivity contribution in [3.8, 4) is 5.75 Å². The van der Waals surface area contributed by atoms with Gasteiger partial charge in [0.1, 0.15) is 27.2 Å². The normalized spacial score (nSPS) is 11.6. The van der Waals surface area contributed by atoms with E-state index in [1.54, 1.807) is 0 Å². The third-order valence-electron chi connectivity index (χ3n) is 2.73. The second kappa shape index (κ2) is 7.56. The van der Waals surface area contributed by atoms with Crippen molar-refractivity contribution in [2.75, 3.05) is 38.8 Å². The molecular weight excluding hydrogens is 296 g/mol. The molecule has 0 aliphatic carbocycles. The lowest BCUT2D eigenvalue weighted by molar-refractivity contribution is 0.244. The fourth-order valence-corrected chi connectivity index (χ4v) is 2.35. The Labute approximate surface area is 125 Å². The van der Waals surface area contributed by atoms with Gasteiger partial charge in [0.05, 0.1) is 11.3 Å². The second-order valence-corrected chi connectivity index (χ2v) is 7.34. The molecule has 112 valence electrons. The molecule has 0 bridgehead atoms. The van der Waals surface area contributed by atoms with Crippen molar-refractivity contribution in [3.05, 3.63) is 29.8 Å². The van der Waals surface area contributed by atoms with Gasteiger partial charge in [0.15, 0.2) is 0 Å². The number of hydrogen-bond acceptors (Lipinski definition) is 5. The van der Waals surface area contributed by atoms with Crippen molar-refractivity contribution in [2.45, 2.75) is 0 Å². The number of thiocarbonyl (C=S) groups is 1. The van der Waals surface area contributed by atoms with Crippen molar-refractivity contribution in [3.63, 3.8) is 0 Å². The van der Waals surface area contributed by atoms with Crippen LogP contribution in [0.5, 0.6) is 5.75 Å². The molecule has 0 atom stereocenters. The standard InChI is InChI=1S/C13H20N2O3S2/c1-15(8-10-20(2,16)17)7-9-18-12-6-4-3-5-11(12)13(14)19/h3-6H,7-10H2,1-2H3,(H2,14,19). The van der Waals surface area contributed by atoms with Gasteiger partial charge in [-0.25, -0.2) is 8.42 Å². The van der Waals surface area contributed by atoms with E-state index < -0.39 is 9.84 Å². The van der Waals surface area contributed by atoms with Gasteiger partial charge in [0, 0.05) is 19.3 Å². The Morgan fingerprint density at radius 1 is 1.35 bits per heavy atom. The number of nitrogens with zero attached hydrogens (tertiary/aromatic N) is 1. The summed E-state index contributed by atoms with van der Waals surface area (Å²) >= 11 is 4.95. The van der Waals surface area contributed by atoms with Crippen LogP contribution in [0.3, 0.4) is 0 Å². The van der Waals surface area contributed by atoms with Gasteiger partial charge in [0.25, 0.3) is 0 Å². The molecule has 1 aromatic rings. The summed E-state index contributed by atoms with van der Waals surface area (Å²) in [7, 11) is -1.08. The fourth-order valence-electron chi connectivity index (χ4n) is 1.54. The van der Waals surface area contributed by atoms with Crippen LogP contribution in [0, 0.1) is 0 Å². The molecule has 1 aromatic carbocycles. The summed E-state index contributed by atoms with van der Waals surface area (Å²) < 4.78 is 27.8. The van der Waals surface area contributed by atoms with E-state index in [1.165, 1.54) is 6.26 Å². The number of benzene rings is 1. The SMILES string of the molecule is CN(CCOc1ccccc1C(N)=S)CCS(C)(=O)=O. The van der Waals surface area contributed by atoms with Gasteiger partial charge in [-0.15, -0.1) is 0 Å². The Morgan fingerprint density at radius 2 is 2.00 bits per heavy atom. The Morgan fingerprint density at radius 3 is 2.60 bits per heavy atom. The monoisotopic (exact) mass is 316 g/mol. The predicted molar refractivity (Wildman–Crippen MR) is 85.0 cm³/mol. The highest BCUT2D eigenvalue weighted by Crippen LogP contribution is 2.17. The summed E-state index contributed by atoms with van der Waals surface area (Å²) in [5, 5.41) is 0. The molecule has 0 aromatic heterocycles. The average molecular weight is 316 g/mol. The molecule has 0 heterocycles.